The second-order valence-electron chi connectivity index (χ2n) is 5.25. The molecule has 0 amide bonds. The van der Waals surface area contributed by atoms with Crippen LogP contribution < -0.4 is 10.1 Å². The van der Waals surface area contributed by atoms with Gasteiger partial charge in [0.1, 0.15) is 11.1 Å². The SMILES string of the molecule is COc1ccc(NC(=S)N2CCS[C@@H]2c2ccc(Br)cc2)cc1Cl. The quantitative estimate of drug-likeness (QED) is 0.626. The van der Waals surface area contributed by atoms with Gasteiger partial charge >= 0.3 is 0 Å². The van der Waals surface area contributed by atoms with Crippen LogP contribution in [0.5, 0.6) is 5.75 Å². The molecule has 2 aromatic rings. The Morgan fingerprint density at radius 3 is 2.75 bits per heavy atom. The van der Waals surface area contributed by atoms with Crippen LogP contribution in [0, 0.1) is 0 Å². The Morgan fingerprint density at radius 1 is 1.33 bits per heavy atom. The van der Waals surface area contributed by atoms with Crippen LogP contribution in [0.15, 0.2) is 46.9 Å². The van der Waals surface area contributed by atoms with Crippen molar-refractivity contribution in [1.29, 1.82) is 0 Å². The Hall–Kier alpha value is -0.950. The second-order valence-corrected chi connectivity index (χ2v) is 8.15. The largest absolute Gasteiger partial charge is 0.495 e. The van der Waals surface area contributed by atoms with E-state index in [1.165, 1.54) is 5.56 Å². The molecule has 1 heterocycles. The van der Waals surface area contributed by atoms with Crippen molar-refractivity contribution in [2.75, 3.05) is 24.7 Å². The molecule has 1 fully saturated rings. The maximum Gasteiger partial charge on any atom is 0.174 e. The Morgan fingerprint density at radius 2 is 2.08 bits per heavy atom. The molecule has 0 radical (unpaired) electrons. The zero-order chi connectivity index (χ0) is 17.1. The lowest BCUT2D eigenvalue weighted by Gasteiger charge is -2.27. The Bertz CT molecular complexity index is 742. The summed E-state index contributed by atoms with van der Waals surface area (Å²) in [7, 11) is 1.60. The summed E-state index contributed by atoms with van der Waals surface area (Å²) >= 11 is 17.2. The average molecular weight is 444 g/mol. The summed E-state index contributed by atoms with van der Waals surface area (Å²) in [5.41, 5.74) is 2.11. The highest BCUT2D eigenvalue weighted by molar-refractivity contribution is 9.10. The third-order valence-corrected chi connectivity index (χ3v) is 6.13. The molecule has 0 spiro atoms. The van der Waals surface area contributed by atoms with Crippen molar-refractivity contribution in [2.24, 2.45) is 0 Å². The van der Waals surface area contributed by atoms with Gasteiger partial charge in [0, 0.05) is 22.5 Å². The zero-order valence-electron chi connectivity index (χ0n) is 13.0. The van der Waals surface area contributed by atoms with Gasteiger partial charge in [0.05, 0.1) is 12.1 Å². The molecule has 0 bridgehead atoms. The molecule has 1 aliphatic rings. The van der Waals surface area contributed by atoms with E-state index in [1.54, 1.807) is 7.11 Å². The van der Waals surface area contributed by atoms with Gasteiger partial charge in [0.25, 0.3) is 0 Å². The number of halogens is 2. The van der Waals surface area contributed by atoms with Gasteiger partial charge in [0.15, 0.2) is 5.11 Å². The molecule has 1 aliphatic heterocycles. The normalized spacial score (nSPS) is 17.0. The van der Waals surface area contributed by atoms with Crippen LogP contribution in [0.2, 0.25) is 5.02 Å². The lowest BCUT2D eigenvalue weighted by atomic mass is 10.2. The molecule has 1 atom stereocenters. The number of rotatable bonds is 3. The van der Waals surface area contributed by atoms with E-state index in [1.807, 2.05) is 30.0 Å². The highest BCUT2D eigenvalue weighted by Gasteiger charge is 2.28. The number of hydrogen-bond acceptors (Lipinski definition) is 3. The smallest absolute Gasteiger partial charge is 0.174 e. The first-order chi connectivity index (χ1) is 11.6. The van der Waals surface area contributed by atoms with Crippen LogP contribution >= 0.6 is 51.5 Å². The number of anilines is 1. The van der Waals surface area contributed by atoms with Crippen LogP contribution in [0.4, 0.5) is 5.69 Å². The average Bonchev–Trinajstić information content (AvgIpc) is 3.05. The second kappa shape index (κ2) is 7.95. The summed E-state index contributed by atoms with van der Waals surface area (Å²) in [4.78, 5) is 2.21. The predicted octanol–water partition coefficient (Wildman–Crippen LogP) is 5.56. The lowest BCUT2D eigenvalue weighted by Crippen LogP contribution is -2.34. The highest BCUT2D eigenvalue weighted by Crippen LogP contribution is 2.38. The van der Waals surface area contributed by atoms with E-state index < -0.39 is 0 Å². The number of nitrogens with zero attached hydrogens (tertiary/aromatic N) is 1. The van der Waals surface area contributed by atoms with Gasteiger partial charge in [-0.2, -0.15) is 0 Å². The van der Waals surface area contributed by atoms with E-state index in [-0.39, 0.29) is 5.37 Å². The van der Waals surface area contributed by atoms with Crippen LogP contribution in [0.1, 0.15) is 10.9 Å². The van der Waals surface area contributed by atoms with Crippen LogP contribution in [0.3, 0.4) is 0 Å². The van der Waals surface area contributed by atoms with E-state index in [9.17, 15) is 0 Å². The first-order valence-electron chi connectivity index (χ1n) is 7.36. The Kier molecular flexibility index (Phi) is 5.92. The summed E-state index contributed by atoms with van der Waals surface area (Å²) in [6.07, 6.45) is 0. The van der Waals surface area contributed by atoms with Gasteiger partial charge in [0.2, 0.25) is 0 Å². The molecule has 3 rings (SSSR count). The van der Waals surface area contributed by atoms with Crippen molar-refractivity contribution < 1.29 is 4.74 Å². The molecule has 0 aromatic heterocycles. The molecule has 0 aliphatic carbocycles. The molecule has 1 N–H and O–H groups in total. The van der Waals surface area contributed by atoms with Crippen LogP contribution in [0.25, 0.3) is 0 Å². The topological polar surface area (TPSA) is 24.5 Å². The lowest BCUT2D eigenvalue weighted by molar-refractivity contribution is 0.415. The van der Waals surface area contributed by atoms with E-state index in [2.05, 4.69) is 50.4 Å². The minimum Gasteiger partial charge on any atom is -0.495 e. The van der Waals surface area contributed by atoms with Crippen molar-refractivity contribution in [3.63, 3.8) is 0 Å². The molecular weight excluding hydrogens is 428 g/mol. The van der Waals surface area contributed by atoms with Gasteiger partial charge in [-0.15, -0.1) is 11.8 Å². The van der Waals surface area contributed by atoms with Crippen molar-refractivity contribution >= 4 is 62.3 Å². The van der Waals surface area contributed by atoms with Gasteiger partial charge in [-0.05, 0) is 48.1 Å². The molecule has 2 aromatic carbocycles. The molecular formula is C17H16BrClN2OS2. The molecule has 0 unspecified atom stereocenters. The van der Waals surface area contributed by atoms with Crippen molar-refractivity contribution in [3.05, 3.63) is 57.5 Å². The van der Waals surface area contributed by atoms with Crippen LogP contribution in [-0.2, 0) is 0 Å². The molecule has 3 nitrogen and oxygen atoms in total. The van der Waals surface area contributed by atoms with Crippen molar-refractivity contribution in [1.82, 2.24) is 4.90 Å². The maximum absolute atomic E-state index is 6.18. The summed E-state index contributed by atoms with van der Waals surface area (Å²) in [6, 6.07) is 14.0. The third kappa shape index (κ3) is 3.99. The summed E-state index contributed by atoms with van der Waals surface area (Å²) in [6.45, 7) is 0.918. The number of hydrogen-bond donors (Lipinski definition) is 1. The van der Waals surface area contributed by atoms with Crippen molar-refractivity contribution in [3.8, 4) is 5.75 Å². The molecule has 0 saturated carbocycles. The van der Waals surface area contributed by atoms with E-state index in [0.717, 1.165) is 22.5 Å². The minimum absolute atomic E-state index is 0.229. The Labute approximate surface area is 164 Å². The van der Waals surface area contributed by atoms with E-state index >= 15 is 0 Å². The number of benzene rings is 2. The zero-order valence-corrected chi connectivity index (χ0v) is 16.9. The molecule has 1 saturated heterocycles. The summed E-state index contributed by atoms with van der Waals surface area (Å²) < 4.78 is 6.26. The fraction of sp³-hybridized carbons (Fsp3) is 0.235. The predicted molar refractivity (Wildman–Crippen MR) is 110 cm³/mol. The fourth-order valence-corrected chi connectivity index (χ4v) is 4.69. The molecule has 7 heteroatoms. The first kappa shape index (κ1) is 17.9. The first-order valence-corrected chi connectivity index (χ1v) is 9.99. The van der Waals surface area contributed by atoms with Gasteiger partial charge < -0.3 is 15.0 Å². The third-order valence-electron chi connectivity index (χ3n) is 3.71. The van der Waals surface area contributed by atoms with Crippen molar-refractivity contribution in [2.45, 2.75) is 5.37 Å². The molecule has 126 valence electrons. The number of thiocarbonyl (C=S) groups is 1. The van der Waals surface area contributed by atoms with Crippen LogP contribution in [-0.4, -0.2) is 29.4 Å². The highest BCUT2D eigenvalue weighted by atomic mass is 79.9. The standard InChI is InChI=1S/C17H16BrClN2OS2/c1-22-15-7-6-13(10-14(15)19)20-17(23)21-8-9-24-16(21)11-2-4-12(18)5-3-11/h2-7,10,16H,8-9H2,1H3,(H,20,23)/t16-/m1/s1. The Balaban J connectivity index is 1.74. The van der Waals surface area contributed by atoms with Gasteiger partial charge in [-0.25, -0.2) is 0 Å². The maximum atomic E-state index is 6.18. The monoisotopic (exact) mass is 442 g/mol. The summed E-state index contributed by atoms with van der Waals surface area (Å²) in [5, 5.41) is 4.77. The van der Waals surface area contributed by atoms with E-state index in [4.69, 9.17) is 28.6 Å². The molecule has 24 heavy (non-hydrogen) atoms. The number of ether oxygens (including phenoxy) is 1. The number of nitrogens with one attached hydrogen (secondary N) is 1. The fourth-order valence-electron chi connectivity index (χ4n) is 2.52. The number of thioether (sulfide) groups is 1. The van der Waals surface area contributed by atoms with E-state index in [0.29, 0.717) is 15.9 Å². The number of methoxy groups -OCH3 is 1. The van der Waals surface area contributed by atoms with Gasteiger partial charge in [-0.3, -0.25) is 0 Å². The minimum atomic E-state index is 0.229. The van der Waals surface area contributed by atoms with Gasteiger partial charge in [-0.1, -0.05) is 39.7 Å². The summed E-state index contributed by atoms with van der Waals surface area (Å²) in [5.74, 6) is 1.70.